The summed E-state index contributed by atoms with van der Waals surface area (Å²) in [7, 11) is -1.96. The highest BCUT2D eigenvalue weighted by molar-refractivity contribution is 7.89. The van der Waals surface area contributed by atoms with Gasteiger partial charge in [0, 0.05) is 19.4 Å². The third kappa shape index (κ3) is 3.57. The Labute approximate surface area is 101 Å². The van der Waals surface area contributed by atoms with E-state index in [4.69, 9.17) is 4.74 Å². The topological polar surface area (TPSA) is 77.4 Å². The summed E-state index contributed by atoms with van der Waals surface area (Å²) in [5.74, 6) is -0.591. The van der Waals surface area contributed by atoms with Crippen molar-refractivity contribution in [2.45, 2.75) is 24.8 Å². The summed E-state index contributed by atoms with van der Waals surface area (Å²) in [4.78, 5) is 11.4. The molecule has 0 fully saturated rings. The van der Waals surface area contributed by atoms with Gasteiger partial charge in [0.1, 0.15) is 6.04 Å². The summed E-state index contributed by atoms with van der Waals surface area (Å²) in [6, 6.07) is 0.556. The third-order valence-corrected chi connectivity index (χ3v) is 3.61. The molecule has 0 spiro atoms. The van der Waals surface area contributed by atoms with Gasteiger partial charge in [0.05, 0.1) is 11.5 Å². The molecule has 1 N–H and O–H groups in total. The van der Waals surface area contributed by atoms with E-state index in [1.54, 1.807) is 24.7 Å². The van der Waals surface area contributed by atoms with Crippen molar-refractivity contribution in [1.82, 2.24) is 9.29 Å². The number of ether oxygens (including phenoxy) is 1. The molecule has 96 valence electrons. The van der Waals surface area contributed by atoms with Crippen molar-refractivity contribution in [2.75, 3.05) is 6.61 Å². The van der Waals surface area contributed by atoms with Crippen molar-refractivity contribution in [1.29, 1.82) is 0 Å². The van der Waals surface area contributed by atoms with Gasteiger partial charge in [-0.25, -0.2) is 8.42 Å². The Morgan fingerprint density at radius 1 is 1.59 bits per heavy atom. The van der Waals surface area contributed by atoms with E-state index in [0.717, 1.165) is 0 Å². The predicted octanol–water partition coefficient (Wildman–Crippen LogP) is 0.255. The monoisotopic (exact) mass is 260 g/mol. The fourth-order valence-corrected chi connectivity index (χ4v) is 2.50. The van der Waals surface area contributed by atoms with Crippen LogP contribution in [0.2, 0.25) is 0 Å². The van der Waals surface area contributed by atoms with Crippen LogP contribution in [0, 0.1) is 0 Å². The third-order valence-electron chi connectivity index (χ3n) is 2.09. The predicted molar refractivity (Wildman–Crippen MR) is 61.8 cm³/mol. The first kappa shape index (κ1) is 13.7. The van der Waals surface area contributed by atoms with E-state index in [-0.39, 0.29) is 11.5 Å². The average molecular weight is 260 g/mol. The summed E-state index contributed by atoms with van der Waals surface area (Å²) in [5, 5.41) is 0. The maximum atomic E-state index is 11.8. The number of aryl methyl sites for hydroxylation is 1. The van der Waals surface area contributed by atoms with Crippen LogP contribution in [0.15, 0.2) is 23.4 Å². The number of aromatic nitrogens is 1. The van der Waals surface area contributed by atoms with Crippen LogP contribution in [0.3, 0.4) is 0 Å². The second kappa shape index (κ2) is 5.33. The summed E-state index contributed by atoms with van der Waals surface area (Å²) in [6.45, 7) is 3.32. The highest BCUT2D eigenvalue weighted by atomic mass is 32.2. The number of carbonyl (C=O) groups is 1. The largest absolute Gasteiger partial charge is 0.465 e. The molecular weight excluding hydrogens is 244 g/mol. The Hall–Kier alpha value is -1.34. The van der Waals surface area contributed by atoms with E-state index < -0.39 is 22.0 Å². The van der Waals surface area contributed by atoms with Crippen LogP contribution in [0.1, 0.15) is 13.8 Å². The molecular formula is C10H16N2O4S. The Kier molecular flexibility index (Phi) is 4.30. The van der Waals surface area contributed by atoms with E-state index in [1.807, 2.05) is 0 Å². The van der Waals surface area contributed by atoms with Crippen LogP contribution >= 0.6 is 0 Å². The molecule has 0 aliphatic carbocycles. The average Bonchev–Trinajstić information content (AvgIpc) is 2.65. The van der Waals surface area contributed by atoms with Gasteiger partial charge >= 0.3 is 5.97 Å². The molecule has 1 aromatic rings. The van der Waals surface area contributed by atoms with E-state index in [1.165, 1.54) is 19.2 Å². The highest BCUT2D eigenvalue weighted by Gasteiger charge is 2.23. The van der Waals surface area contributed by atoms with E-state index in [9.17, 15) is 13.2 Å². The Morgan fingerprint density at radius 2 is 2.24 bits per heavy atom. The normalized spacial score (nSPS) is 13.4. The first-order chi connectivity index (χ1) is 7.86. The summed E-state index contributed by atoms with van der Waals surface area (Å²) >= 11 is 0. The standard InChI is InChI=1S/C10H16N2O4S/c1-4-16-10(13)8(2)11-17(14,15)9-5-6-12(3)7-9/h5-8,11H,4H2,1-3H3. The molecule has 1 unspecified atom stereocenters. The summed E-state index contributed by atoms with van der Waals surface area (Å²) in [6.07, 6.45) is 3.07. The summed E-state index contributed by atoms with van der Waals surface area (Å²) < 4.78 is 32.3. The smallest absolute Gasteiger partial charge is 0.323 e. The Balaban J connectivity index is 2.77. The van der Waals surface area contributed by atoms with Crippen molar-refractivity contribution in [3.05, 3.63) is 18.5 Å². The van der Waals surface area contributed by atoms with Gasteiger partial charge < -0.3 is 9.30 Å². The van der Waals surface area contributed by atoms with Crippen LogP contribution in [0.4, 0.5) is 0 Å². The number of hydrogen-bond acceptors (Lipinski definition) is 4. The van der Waals surface area contributed by atoms with E-state index in [0.29, 0.717) is 0 Å². The zero-order valence-corrected chi connectivity index (χ0v) is 10.8. The second-order valence-corrected chi connectivity index (χ2v) is 5.32. The van der Waals surface area contributed by atoms with Crippen LogP contribution in [-0.4, -0.2) is 31.6 Å². The molecule has 6 nitrogen and oxygen atoms in total. The van der Waals surface area contributed by atoms with Gasteiger partial charge in [-0.05, 0) is 19.9 Å². The van der Waals surface area contributed by atoms with Crippen molar-refractivity contribution >= 4 is 16.0 Å². The van der Waals surface area contributed by atoms with Crippen molar-refractivity contribution < 1.29 is 17.9 Å². The lowest BCUT2D eigenvalue weighted by Crippen LogP contribution is -2.39. The van der Waals surface area contributed by atoms with Gasteiger partial charge in [-0.15, -0.1) is 0 Å². The number of nitrogens with zero attached hydrogens (tertiary/aromatic N) is 1. The van der Waals surface area contributed by atoms with Gasteiger partial charge in [-0.2, -0.15) is 4.72 Å². The number of nitrogens with one attached hydrogen (secondary N) is 1. The molecule has 0 saturated heterocycles. The highest BCUT2D eigenvalue weighted by Crippen LogP contribution is 2.09. The number of carbonyl (C=O) groups excluding carboxylic acids is 1. The SMILES string of the molecule is CCOC(=O)C(C)NS(=O)(=O)c1ccn(C)c1. The Morgan fingerprint density at radius 3 is 2.71 bits per heavy atom. The van der Waals surface area contributed by atoms with Crippen LogP contribution < -0.4 is 4.72 Å². The molecule has 0 radical (unpaired) electrons. The molecule has 1 aromatic heterocycles. The minimum Gasteiger partial charge on any atom is -0.465 e. The van der Waals surface area contributed by atoms with Crippen molar-refractivity contribution in [3.63, 3.8) is 0 Å². The number of hydrogen-bond donors (Lipinski definition) is 1. The van der Waals surface area contributed by atoms with Gasteiger partial charge in [0.25, 0.3) is 0 Å². The quantitative estimate of drug-likeness (QED) is 0.770. The molecule has 1 atom stereocenters. The number of sulfonamides is 1. The molecule has 0 aliphatic rings. The molecule has 0 saturated carbocycles. The second-order valence-electron chi connectivity index (χ2n) is 3.61. The maximum absolute atomic E-state index is 11.8. The molecule has 1 rings (SSSR count). The van der Waals surface area contributed by atoms with Crippen LogP contribution in [0.25, 0.3) is 0 Å². The van der Waals surface area contributed by atoms with Gasteiger partial charge in [-0.1, -0.05) is 0 Å². The van der Waals surface area contributed by atoms with Gasteiger partial charge in [0.2, 0.25) is 10.0 Å². The Bertz CT molecular complexity index is 492. The lowest BCUT2D eigenvalue weighted by atomic mass is 10.4. The van der Waals surface area contributed by atoms with E-state index in [2.05, 4.69) is 4.72 Å². The molecule has 0 amide bonds. The summed E-state index contributed by atoms with van der Waals surface area (Å²) in [5.41, 5.74) is 0. The van der Waals surface area contributed by atoms with Gasteiger partial charge in [0.15, 0.2) is 0 Å². The molecule has 7 heteroatoms. The molecule has 0 bridgehead atoms. The van der Waals surface area contributed by atoms with Gasteiger partial charge in [-0.3, -0.25) is 4.79 Å². The van der Waals surface area contributed by atoms with Crippen molar-refractivity contribution in [3.8, 4) is 0 Å². The first-order valence-electron chi connectivity index (χ1n) is 5.17. The molecule has 17 heavy (non-hydrogen) atoms. The van der Waals surface area contributed by atoms with Crippen LogP contribution in [-0.2, 0) is 26.6 Å². The number of esters is 1. The lowest BCUT2D eigenvalue weighted by molar-refractivity contribution is -0.144. The number of rotatable bonds is 5. The minimum atomic E-state index is -3.67. The fraction of sp³-hybridized carbons (Fsp3) is 0.500. The van der Waals surface area contributed by atoms with Crippen LogP contribution in [0.5, 0.6) is 0 Å². The zero-order chi connectivity index (χ0) is 13.1. The van der Waals surface area contributed by atoms with E-state index >= 15 is 0 Å². The minimum absolute atomic E-state index is 0.121. The molecule has 1 heterocycles. The maximum Gasteiger partial charge on any atom is 0.323 e. The molecule has 0 aliphatic heterocycles. The molecule has 0 aromatic carbocycles. The first-order valence-corrected chi connectivity index (χ1v) is 6.66. The lowest BCUT2D eigenvalue weighted by Gasteiger charge is -2.12. The zero-order valence-electron chi connectivity index (χ0n) is 10.0. The fourth-order valence-electron chi connectivity index (χ4n) is 1.25. The van der Waals surface area contributed by atoms with Crippen molar-refractivity contribution in [2.24, 2.45) is 7.05 Å².